The van der Waals surface area contributed by atoms with Gasteiger partial charge >= 0.3 is 5.97 Å². The maximum absolute atomic E-state index is 10.8. The van der Waals surface area contributed by atoms with Crippen molar-refractivity contribution in [1.82, 2.24) is 4.57 Å². The van der Waals surface area contributed by atoms with E-state index in [9.17, 15) is 4.79 Å². The number of carboxylic acids is 1. The maximum atomic E-state index is 10.8. The van der Waals surface area contributed by atoms with Gasteiger partial charge in [0.1, 0.15) is 11.8 Å². The summed E-state index contributed by atoms with van der Waals surface area (Å²) in [5.74, 6) is -0.167. The lowest BCUT2D eigenvalue weighted by molar-refractivity contribution is -0.138. The van der Waals surface area contributed by atoms with Crippen LogP contribution in [-0.2, 0) is 11.3 Å². The monoisotopic (exact) mass is 262 g/mol. The van der Waals surface area contributed by atoms with E-state index < -0.39 is 12.0 Å². The number of carbonyl (C=O) groups is 1. The van der Waals surface area contributed by atoms with Crippen LogP contribution in [0.5, 0.6) is 5.75 Å². The van der Waals surface area contributed by atoms with E-state index >= 15 is 0 Å². The molecule has 2 rings (SSSR count). The van der Waals surface area contributed by atoms with Crippen molar-refractivity contribution in [2.45, 2.75) is 25.9 Å². The Balaban J connectivity index is 2.21. The van der Waals surface area contributed by atoms with Gasteiger partial charge < -0.3 is 20.1 Å². The van der Waals surface area contributed by atoms with Gasteiger partial charge in [-0.05, 0) is 30.7 Å². The molecule has 0 amide bonds. The van der Waals surface area contributed by atoms with Crippen molar-refractivity contribution in [3.05, 3.63) is 30.5 Å². The minimum absolute atomic E-state index is 0.258. The van der Waals surface area contributed by atoms with Crippen LogP contribution in [0.1, 0.15) is 13.3 Å². The summed E-state index contributed by atoms with van der Waals surface area (Å²) in [4.78, 5) is 10.8. The van der Waals surface area contributed by atoms with Crippen LogP contribution in [0.25, 0.3) is 10.9 Å². The van der Waals surface area contributed by atoms with Gasteiger partial charge in [-0.2, -0.15) is 0 Å². The first kappa shape index (κ1) is 13.4. The lowest BCUT2D eigenvalue weighted by atomic mass is 10.2. The fourth-order valence-electron chi connectivity index (χ4n) is 1.94. The third kappa shape index (κ3) is 3.06. The topological polar surface area (TPSA) is 77.5 Å². The van der Waals surface area contributed by atoms with Gasteiger partial charge in [0, 0.05) is 23.6 Å². The zero-order valence-corrected chi connectivity index (χ0v) is 10.9. The summed E-state index contributed by atoms with van der Waals surface area (Å²) in [6.07, 6.45) is 2.81. The Kier molecular flexibility index (Phi) is 4.06. The molecular formula is C14H18N2O3. The normalized spacial score (nSPS) is 12.5. The van der Waals surface area contributed by atoms with Gasteiger partial charge in [0.05, 0.1) is 6.61 Å². The zero-order chi connectivity index (χ0) is 13.8. The lowest BCUT2D eigenvalue weighted by Gasteiger charge is -2.10. The Morgan fingerprint density at radius 2 is 2.26 bits per heavy atom. The average Bonchev–Trinajstić information content (AvgIpc) is 2.78. The highest BCUT2D eigenvalue weighted by Crippen LogP contribution is 2.22. The third-order valence-corrected chi connectivity index (χ3v) is 2.93. The van der Waals surface area contributed by atoms with E-state index in [2.05, 4.69) is 6.92 Å². The van der Waals surface area contributed by atoms with Crippen LogP contribution in [0, 0.1) is 0 Å². The standard InChI is InChI=1S/C14H18N2O3/c1-2-7-19-11-3-4-13-10(8-11)5-6-16(13)9-12(15)14(17)18/h3-6,8,12H,2,7,9,15H2,1H3,(H,17,18). The number of hydrogen-bond acceptors (Lipinski definition) is 3. The van der Waals surface area contributed by atoms with E-state index in [1.807, 2.05) is 35.0 Å². The minimum atomic E-state index is -0.996. The molecule has 0 radical (unpaired) electrons. The molecule has 19 heavy (non-hydrogen) atoms. The Labute approximate surface area is 111 Å². The highest BCUT2D eigenvalue weighted by molar-refractivity contribution is 5.82. The predicted molar refractivity (Wildman–Crippen MR) is 73.3 cm³/mol. The van der Waals surface area contributed by atoms with Gasteiger partial charge in [-0.25, -0.2) is 0 Å². The highest BCUT2D eigenvalue weighted by atomic mass is 16.5. The van der Waals surface area contributed by atoms with Crippen LogP contribution in [0.15, 0.2) is 30.5 Å². The smallest absolute Gasteiger partial charge is 0.322 e. The Hall–Kier alpha value is -2.01. The summed E-state index contributed by atoms with van der Waals surface area (Å²) in [6, 6.07) is 6.80. The number of ether oxygens (including phenoxy) is 1. The van der Waals surface area contributed by atoms with Crippen LogP contribution in [0.3, 0.4) is 0 Å². The van der Waals surface area contributed by atoms with Gasteiger partial charge in [-0.3, -0.25) is 4.79 Å². The van der Waals surface area contributed by atoms with E-state index in [0.717, 1.165) is 23.1 Å². The van der Waals surface area contributed by atoms with Gasteiger partial charge in [-0.1, -0.05) is 6.92 Å². The Morgan fingerprint density at radius 1 is 1.47 bits per heavy atom. The van der Waals surface area contributed by atoms with Crippen LogP contribution in [0.2, 0.25) is 0 Å². The number of nitrogens with two attached hydrogens (primary N) is 1. The molecule has 1 aromatic carbocycles. The SMILES string of the molecule is CCCOc1ccc2c(ccn2CC(N)C(=O)O)c1. The fourth-order valence-corrected chi connectivity index (χ4v) is 1.94. The average molecular weight is 262 g/mol. The third-order valence-electron chi connectivity index (χ3n) is 2.93. The van der Waals surface area contributed by atoms with E-state index in [1.165, 1.54) is 0 Å². The Morgan fingerprint density at radius 3 is 2.95 bits per heavy atom. The molecule has 0 fully saturated rings. The number of benzene rings is 1. The molecule has 5 heteroatoms. The van der Waals surface area contributed by atoms with Crippen LogP contribution in [-0.4, -0.2) is 28.3 Å². The first-order chi connectivity index (χ1) is 9.11. The lowest BCUT2D eigenvalue weighted by Crippen LogP contribution is -2.34. The van der Waals surface area contributed by atoms with Crippen LogP contribution < -0.4 is 10.5 Å². The number of nitrogens with zero attached hydrogens (tertiary/aromatic N) is 1. The summed E-state index contributed by atoms with van der Waals surface area (Å²) in [7, 11) is 0. The molecule has 0 bridgehead atoms. The predicted octanol–water partition coefficient (Wildman–Crippen LogP) is 1.84. The quantitative estimate of drug-likeness (QED) is 0.832. The van der Waals surface area contributed by atoms with E-state index in [0.29, 0.717) is 6.61 Å². The number of fused-ring (bicyclic) bond motifs is 1. The van der Waals surface area contributed by atoms with Gasteiger partial charge in [0.25, 0.3) is 0 Å². The molecule has 0 aliphatic heterocycles. The van der Waals surface area contributed by atoms with Gasteiger partial charge in [0.2, 0.25) is 0 Å². The molecule has 5 nitrogen and oxygen atoms in total. The molecule has 102 valence electrons. The number of rotatable bonds is 6. The fraction of sp³-hybridized carbons (Fsp3) is 0.357. The molecule has 0 saturated heterocycles. The number of aromatic nitrogens is 1. The van der Waals surface area contributed by atoms with Crippen molar-refractivity contribution >= 4 is 16.9 Å². The maximum Gasteiger partial charge on any atom is 0.322 e. The molecule has 1 unspecified atom stereocenters. The summed E-state index contributed by atoms with van der Waals surface area (Å²) < 4.78 is 7.41. The van der Waals surface area contributed by atoms with E-state index in [-0.39, 0.29) is 6.54 Å². The second-order valence-electron chi connectivity index (χ2n) is 4.48. The summed E-state index contributed by atoms with van der Waals surface area (Å²) in [5.41, 5.74) is 6.51. The molecule has 0 spiro atoms. The van der Waals surface area contributed by atoms with Crippen molar-refractivity contribution in [1.29, 1.82) is 0 Å². The molecule has 1 heterocycles. The second-order valence-corrected chi connectivity index (χ2v) is 4.48. The first-order valence-electron chi connectivity index (χ1n) is 6.32. The van der Waals surface area contributed by atoms with Crippen LogP contribution in [0.4, 0.5) is 0 Å². The molecule has 1 atom stereocenters. The van der Waals surface area contributed by atoms with Crippen molar-refractivity contribution < 1.29 is 14.6 Å². The van der Waals surface area contributed by atoms with E-state index in [4.69, 9.17) is 15.6 Å². The van der Waals surface area contributed by atoms with Crippen molar-refractivity contribution in [2.24, 2.45) is 5.73 Å². The molecule has 0 aliphatic rings. The number of hydrogen-bond donors (Lipinski definition) is 2. The number of carboxylic acid groups (broad SMARTS) is 1. The highest BCUT2D eigenvalue weighted by Gasteiger charge is 2.13. The molecular weight excluding hydrogens is 244 g/mol. The number of aliphatic carboxylic acids is 1. The molecule has 0 saturated carbocycles. The second kappa shape index (κ2) is 5.75. The first-order valence-corrected chi connectivity index (χ1v) is 6.32. The Bertz CT molecular complexity index is 577. The minimum Gasteiger partial charge on any atom is -0.494 e. The summed E-state index contributed by atoms with van der Waals surface area (Å²) in [5, 5.41) is 9.86. The molecule has 1 aromatic heterocycles. The molecule has 2 aromatic rings. The van der Waals surface area contributed by atoms with Gasteiger partial charge in [-0.15, -0.1) is 0 Å². The van der Waals surface area contributed by atoms with Crippen molar-refractivity contribution in [3.8, 4) is 5.75 Å². The van der Waals surface area contributed by atoms with Crippen LogP contribution >= 0.6 is 0 Å². The largest absolute Gasteiger partial charge is 0.494 e. The van der Waals surface area contributed by atoms with Crippen molar-refractivity contribution in [2.75, 3.05) is 6.61 Å². The molecule has 3 N–H and O–H groups in total. The molecule has 0 aliphatic carbocycles. The summed E-state index contributed by atoms with van der Waals surface area (Å²) in [6.45, 7) is 3.01. The van der Waals surface area contributed by atoms with Gasteiger partial charge in [0.15, 0.2) is 0 Å². The zero-order valence-electron chi connectivity index (χ0n) is 10.9. The van der Waals surface area contributed by atoms with E-state index in [1.54, 1.807) is 0 Å². The summed E-state index contributed by atoms with van der Waals surface area (Å²) >= 11 is 0. The van der Waals surface area contributed by atoms with Crippen molar-refractivity contribution in [3.63, 3.8) is 0 Å².